The van der Waals surface area contributed by atoms with Crippen LogP contribution in [0.5, 0.6) is 0 Å². The summed E-state index contributed by atoms with van der Waals surface area (Å²) in [5.74, 6) is -1.29. The molecule has 0 aromatic rings. The molecule has 0 aromatic heterocycles. The first-order chi connectivity index (χ1) is 4.83. The van der Waals surface area contributed by atoms with Crippen LogP contribution in [-0.4, -0.2) is 52.7 Å². The van der Waals surface area contributed by atoms with E-state index >= 15 is 0 Å². The molecule has 0 spiro atoms. The van der Waals surface area contributed by atoms with E-state index in [0.29, 0.717) is 30.8 Å². The summed E-state index contributed by atoms with van der Waals surface area (Å²) in [5, 5.41) is 1.98. The number of nitrogens with one attached hydrogen (secondary N) is 1. The monoisotopic (exact) mass is 187 g/mol. The number of amides is 1. The quantitative estimate of drug-likeness (QED) is 0.324. The second-order valence-corrected chi connectivity index (χ2v) is 4.67. The number of rotatable bonds is 3. The van der Waals surface area contributed by atoms with Crippen molar-refractivity contribution in [2.24, 2.45) is 0 Å². The Kier molecular flexibility index (Phi) is 4.27. The molecule has 0 atom stereocenters. The molecule has 0 fully saturated rings. The average Bonchev–Trinajstić information content (AvgIpc) is 1.80. The van der Waals surface area contributed by atoms with Gasteiger partial charge in [0.15, 0.2) is 0 Å². The van der Waals surface area contributed by atoms with Crippen LogP contribution in [-0.2, 0) is 14.9 Å². The molecular weight excluding hydrogens is 181 g/mol. The second kappa shape index (κ2) is 4.22. The summed E-state index contributed by atoms with van der Waals surface area (Å²) in [6.45, 7) is 3.33. The number of carbonyl (C=O) groups is 1. The zero-order chi connectivity index (χ0) is 9.07. The van der Waals surface area contributed by atoms with Crippen molar-refractivity contribution in [2.75, 3.05) is 5.88 Å². The van der Waals surface area contributed by atoms with Gasteiger partial charge in [0, 0.05) is 0 Å². The molecule has 2 N–H and O–H groups in total. The fourth-order valence-electron chi connectivity index (χ4n) is 0.308. The Balaban J connectivity index is 3.92. The molecule has 0 aliphatic heterocycles. The molecule has 7 heteroatoms. The maximum absolute atomic E-state index is 10.6. The van der Waals surface area contributed by atoms with Crippen LogP contribution in [0.4, 0.5) is 0 Å². The van der Waals surface area contributed by atoms with Gasteiger partial charge in [-0.05, 0) is 0 Å². The third-order valence-electron chi connectivity index (χ3n) is 0.803. The van der Waals surface area contributed by atoms with Crippen LogP contribution in [0, 0.1) is 0 Å². The van der Waals surface area contributed by atoms with Crippen molar-refractivity contribution in [1.82, 2.24) is 5.32 Å². The molecule has 5 nitrogen and oxygen atoms in total. The molecule has 0 aliphatic carbocycles. The van der Waals surface area contributed by atoms with Crippen LogP contribution in [0.25, 0.3) is 0 Å². The molecule has 0 bridgehead atoms. The number of carbonyl (C=O) groups excluding carboxylic acids is 1. The third-order valence-corrected chi connectivity index (χ3v) is 1.77. The number of hydrogen-bond acceptors (Lipinski definition) is 3. The average molecular weight is 187 g/mol. The van der Waals surface area contributed by atoms with E-state index in [1.807, 2.05) is 5.32 Å². The molecule has 0 rings (SSSR count). The first kappa shape index (κ1) is 11.1. The van der Waals surface area contributed by atoms with E-state index in [1.54, 1.807) is 0 Å². The van der Waals surface area contributed by atoms with E-state index in [4.69, 9.17) is 4.55 Å². The summed E-state index contributed by atoms with van der Waals surface area (Å²) in [7, 11) is -4.11. The third kappa shape index (κ3) is 6.52. The molecule has 0 saturated carbocycles. The van der Waals surface area contributed by atoms with Gasteiger partial charge in [0.1, 0.15) is 0 Å². The Bertz CT molecular complexity index is 270. The fourth-order valence-corrected chi connectivity index (χ4v) is 0.798. The van der Waals surface area contributed by atoms with Crippen LogP contribution in [0.15, 0.2) is 9.40 Å². The Labute approximate surface area is 82.0 Å². The van der Waals surface area contributed by atoms with Gasteiger partial charge in [-0.25, -0.2) is 0 Å². The first-order valence-electron chi connectivity index (χ1n) is 2.72. The van der Waals surface area contributed by atoms with E-state index in [-0.39, 0.29) is 0 Å². The first-order valence-corrected chi connectivity index (χ1v) is 5.32. The molecule has 1 amide bonds. The van der Waals surface area contributed by atoms with E-state index in [0.717, 1.165) is 0 Å². The normalized spacial score (nSPS) is 10.8. The van der Waals surface area contributed by atoms with Crippen LogP contribution >= 0.6 is 0 Å². The zero-order valence-corrected chi connectivity index (χ0v) is 8.81. The van der Waals surface area contributed by atoms with Gasteiger partial charge in [-0.1, -0.05) is 0 Å². The minimum absolute atomic E-state index is 0.327. The van der Waals surface area contributed by atoms with Crippen LogP contribution in [0.1, 0.15) is 0 Å². The van der Waals surface area contributed by atoms with Gasteiger partial charge in [-0.2, -0.15) is 0 Å². The standard InChI is InChI=1S/C4H6NO4S.Na/c1-2-4(6)5-3-10(7,8)9;/h1,3H2,(H,5,6)(H,7,8,9);. The van der Waals surface area contributed by atoms with Crippen molar-refractivity contribution in [3.05, 3.63) is 9.40 Å². The van der Waals surface area contributed by atoms with Gasteiger partial charge in [0.25, 0.3) is 0 Å². The van der Waals surface area contributed by atoms with E-state index in [2.05, 4.69) is 6.58 Å². The molecule has 0 unspecified atom stereocenters. The Morgan fingerprint density at radius 1 is 1.64 bits per heavy atom. The van der Waals surface area contributed by atoms with E-state index in [9.17, 15) is 13.2 Å². The topological polar surface area (TPSA) is 83.5 Å². The van der Waals surface area contributed by atoms with Crippen molar-refractivity contribution in [3.8, 4) is 0 Å². The Morgan fingerprint density at radius 3 is 2.36 bits per heavy atom. The second-order valence-electron chi connectivity index (χ2n) is 2.01. The predicted octanol–water partition coefficient (Wildman–Crippen LogP) is -1.37. The van der Waals surface area contributed by atoms with E-state index < -0.39 is 21.9 Å². The molecule has 0 saturated heterocycles. The minimum atomic E-state index is -4.11. The predicted molar refractivity (Wildman–Crippen MR) is 39.5 cm³/mol. The van der Waals surface area contributed by atoms with Crippen LogP contribution < -0.4 is 5.32 Å². The Morgan fingerprint density at radius 2 is 2.09 bits per heavy atom. The number of hydrogen-bond donors (Lipinski definition) is 2. The summed E-state index contributed by atoms with van der Waals surface area (Å²) in [4.78, 5) is 10.6. The van der Waals surface area contributed by atoms with Gasteiger partial charge >= 0.3 is 82.3 Å². The van der Waals surface area contributed by atoms with Crippen molar-refractivity contribution >= 4 is 44.0 Å². The zero-order valence-electron chi connectivity index (χ0n) is 5.99. The molecule has 0 aromatic carbocycles. The van der Waals surface area contributed by atoms with Crippen LogP contribution in [0.2, 0.25) is 0 Å². The summed E-state index contributed by atoms with van der Waals surface area (Å²) < 4.78 is 28.7. The van der Waals surface area contributed by atoms with Gasteiger partial charge in [-0.3, -0.25) is 0 Å². The van der Waals surface area contributed by atoms with Gasteiger partial charge in [0.05, 0.1) is 0 Å². The van der Waals surface area contributed by atoms with Gasteiger partial charge < -0.3 is 0 Å². The summed E-state index contributed by atoms with van der Waals surface area (Å²) in [6, 6.07) is 0. The molecular formula is C4H6NNaO4S. The van der Waals surface area contributed by atoms with E-state index in [1.165, 1.54) is 0 Å². The van der Waals surface area contributed by atoms with Gasteiger partial charge in [0.2, 0.25) is 0 Å². The Hall–Kier alpha value is 0.120. The molecule has 58 valence electrons. The van der Waals surface area contributed by atoms with Crippen molar-refractivity contribution in [3.63, 3.8) is 0 Å². The van der Waals surface area contributed by atoms with Crippen LogP contribution in [0.3, 0.4) is 0 Å². The van der Waals surface area contributed by atoms with Gasteiger partial charge in [-0.15, -0.1) is 0 Å². The SMILES string of the molecule is C=[C]([Na])C(=O)NCS(=O)(=O)O. The van der Waals surface area contributed by atoms with Crippen molar-refractivity contribution in [1.29, 1.82) is 0 Å². The van der Waals surface area contributed by atoms with Crippen molar-refractivity contribution in [2.45, 2.75) is 0 Å². The maximum atomic E-state index is 10.6. The summed E-state index contributed by atoms with van der Waals surface area (Å²) in [5.41, 5.74) is 0. The molecule has 0 heterocycles. The summed E-state index contributed by atoms with van der Waals surface area (Å²) in [6.07, 6.45) is 0. The molecule has 0 radical (unpaired) electrons. The summed E-state index contributed by atoms with van der Waals surface area (Å²) >= 11 is 0.471. The molecule has 0 aliphatic rings. The molecule has 11 heavy (non-hydrogen) atoms. The van der Waals surface area contributed by atoms with Crippen molar-refractivity contribution < 1.29 is 17.8 Å². The fraction of sp³-hybridized carbons (Fsp3) is 0.250.